The lowest BCUT2D eigenvalue weighted by atomic mass is 10.1. The zero-order valence-corrected chi connectivity index (χ0v) is 14.7. The molecule has 7 nitrogen and oxygen atoms in total. The highest BCUT2D eigenvalue weighted by atomic mass is 16.5. The summed E-state index contributed by atoms with van der Waals surface area (Å²) in [5, 5.41) is 3.27. The molecule has 2 fully saturated rings. The van der Waals surface area contributed by atoms with Crippen molar-refractivity contribution >= 4 is 23.0 Å². The first-order valence-electron chi connectivity index (χ1n) is 8.88. The van der Waals surface area contributed by atoms with Crippen LogP contribution in [0.4, 0.5) is 6.01 Å². The van der Waals surface area contributed by atoms with Gasteiger partial charge in [-0.05, 0) is 31.5 Å². The Bertz CT molecular complexity index is 767. The maximum Gasteiger partial charge on any atom is 0.298 e. The van der Waals surface area contributed by atoms with Crippen LogP contribution >= 0.6 is 0 Å². The number of nitrogens with zero attached hydrogens (tertiary/aromatic N) is 3. The maximum atomic E-state index is 12.7. The third-order valence-corrected chi connectivity index (χ3v) is 4.98. The first kappa shape index (κ1) is 16.4. The number of amides is 1. The molecule has 0 bridgehead atoms. The average molecular weight is 344 g/mol. The number of anilines is 1. The number of carbonyl (C=O) groups excluding carboxylic acids is 1. The number of benzene rings is 1. The maximum absolute atomic E-state index is 12.7. The topological polar surface area (TPSA) is 70.8 Å². The van der Waals surface area contributed by atoms with Crippen molar-refractivity contribution in [3.05, 3.63) is 23.8 Å². The summed E-state index contributed by atoms with van der Waals surface area (Å²) in [6, 6.07) is 6.40. The van der Waals surface area contributed by atoms with Crippen LogP contribution in [0.15, 0.2) is 22.6 Å². The molecule has 1 N–H and O–H groups in total. The molecule has 25 heavy (non-hydrogen) atoms. The molecule has 7 heteroatoms. The summed E-state index contributed by atoms with van der Waals surface area (Å²) in [6.07, 6.45) is -0.0837. The molecule has 2 atom stereocenters. The van der Waals surface area contributed by atoms with Crippen LogP contribution in [-0.2, 0) is 9.53 Å². The van der Waals surface area contributed by atoms with E-state index in [0.29, 0.717) is 25.7 Å². The Morgan fingerprint density at radius 1 is 1.28 bits per heavy atom. The molecular weight excluding hydrogens is 320 g/mol. The minimum absolute atomic E-state index is 0.0837. The van der Waals surface area contributed by atoms with Gasteiger partial charge in [0.1, 0.15) is 11.6 Å². The number of ether oxygens (including phenoxy) is 1. The molecule has 1 amide bonds. The van der Waals surface area contributed by atoms with Crippen molar-refractivity contribution in [2.24, 2.45) is 0 Å². The zero-order chi connectivity index (χ0) is 17.4. The van der Waals surface area contributed by atoms with Gasteiger partial charge in [-0.3, -0.25) is 4.79 Å². The SMILES string of the molecule is Cc1ccc2oc(N3CCN(C(=O)[C@H]4NCCO[C@@H]4C)CC3)nc2c1. The molecule has 2 saturated heterocycles. The van der Waals surface area contributed by atoms with Gasteiger partial charge in [0.2, 0.25) is 5.91 Å². The van der Waals surface area contributed by atoms with Gasteiger partial charge >= 0.3 is 0 Å². The van der Waals surface area contributed by atoms with Crippen molar-refractivity contribution in [2.75, 3.05) is 44.2 Å². The predicted molar refractivity (Wildman–Crippen MR) is 94.7 cm³/mol. The lowest BCUT2D eigenvalue weighted by Gasteiger charge is -2.38. The summed E-state index contributed by atoms with van der Waals surface area (Å²) in [5.74, 6) is 0.125. The smallest absolute Gasteiger partial charge is 0.298 e. The van der Waals surface area contributed by atoms with Crippen LogP contribution in [0.3, 0.4) is 0 Å². The fourth-order valence-electron chi connectivity index (χ4n) is 3.48. The minimum Gasteiger partial charge on any atom is -0.423 e. The fraction of sp³-hybridized carbons (Fsp3) is 0.556. The Hall–Kier alpha value is -2.12. The van der Waals surface area contributed by atoms with Gasteiger partial charge in [0, 0.05) is 32.7 Å². The normalized spacial score (nSPS) is 24.7. The summed E-state index contributed by atoms with van der Waals surface area (Å²) in [5.41, 5.74) is 2.85. The van der Waals surface area contributed by atoms with Crippen LogP contribution in [0.5, 0.6) is 0 Å². The van der Waals surface area contributed by atoms with Crippen LogP contribution in [0.1, 0.15) is 12.5 Å². The standard InChI is InChI=1S/C18H24N4O3/c1-12-3-4-15-14(11-12)20-18(25-15)22-8-6-21(7-9-22)17(23)16-13(2)24-10-5-19-16/h3-4,11,13,16,19H,5-10H2,1-2H3/t13-,16+/m1/s1. The molecule has 0 spiro atoms. The van der Waals surface area contributed by atoms with E-state index in [9.17, 15) is 4.79 Å². The van der Waals surface area contributed by atoms with Crippen molar-refractivity contribution in [2.45, 2.75) is 26.0 Å². The molecule has 0 unspecified atom stereocenters. The fourth-order valence-corrected chi connectivity index (χ4v) is 3.48. The van der Waals surface area contributed by atoms with E-state index in [0.717, 1.165) is 30.7 Å². The summed E-state index contributed by atoms with van der Waals surface area (Å²) in [6.45, 7) is 8.16. The Kier molecular flexibility index (Phi) is 4.35. The number of aromatic nitrogens is 1. The van der Waals surface area contributed by atoms with Crippen molar-refractivity contribution < 1.29 is 13.9 Å². The van der Waals surface area contributed by atoms with Crippen LogP contribution in [0.25, 0.3) is 11.1 Å². The van der Waals surface area contributed by atoms with Crippen molar-refractivity contribution in [1.29, 1.82) is 0 Å². The average Bonchev–Trinajstić information content (AvgIpc) is 3.05. The van der Waals surface area contributed by atoms with E-state index in [1.165, 1.54) is 5.56 Å². The van der Waals surface area contributed by atoms with E-state index >= 15 is 0 Å². The van der Waals surface area contributed by atoms with Crippen molar-refractivity contribution in [3.63, 3.8) is 0 Å². The number of hydrogen-bond donors (Lipinski definition) is 1. The van der Waals surface area contributed by atoms with Crippen molar-refractivity contribution in [3.8, 4) is 0 Å². The van der Waals surface area contributed by atoms with Gasteiger partial charge in [-0.1, -0.05) is 6.07 Å². The molecule has 0 aliphatic carbocycles. The summed E-state index contributed by atoms with van der Waals surface area (Å²) in [7, 11) is 0. The van der Waals surface area contributed by atoms with Gasteiger partial charge < -0.3 is 24.3 Å². The van der Waals surface area contributed by atoms with Gasteiger partial charge in [0.15, 0.2) is 5.58 Å². The zero-order valence-electron chi connectivity index (χ0n) is 14.7. The van der Waals surface area contributed by atoms with Crippen LogP contribution < -0.4 is 10.2 Å². The molecular formula is C18H24N4O3. The predicted octanol–water partition coefficient (Wildman–Crippen LogP) is 1.16. The summed E-state index contributed by atoms with van der Waals surface area (Å²) >= 11 is 0. The second kappa shape index (κ2) is 6.65. The third-order valence-electron chi connectivity index (χ3n) is 4.98. The molecule has 134 valence electrons. The van der Waals surface area contributed by atoms with E-state index in [-0.39, 0.29) is 18.1 Å². The lowest BCUT2D eigenvalue weighted by Crippen LogP contribution is -2.59. The summed E-state index contributed by atoms with van der Waals surface area (Å²) in [4.78, 5) is 21.3. The number of oxazole rings is 1. The lowest BCUT2D eigenvalue weighted by molar-refractivity contribution is -0.139. The van der Waals surface area contributed by atoms with E-state index in [2.05, 4.69) is 15.2 Å². The second-order valence-corrected chi connectivity index (χ2v) is 6.79. The van der Waals surface area contributed by atoms with E-state index in [4.69, 9.17) is 9.15 Å². The third kappa shape index (κ3) is 3.21. The molecule has 1 aromatic carbocycles. The van der Waals surface area contributed by atoms with Crippen LogP contribution in [0.2, 0.25) is 0 Å². The molecule has 2 aliphatic rings. The number of morpholine rings is 1. The highest BCUT2D eigenvalue weighted by molar-refractivity contribution is 5.83. The van der Waals surface area contributed by atoms with E-state index in [1.54, 1.807) is 0 Å². The number of hydrogen-bond acceptors (Lipinski definition) is 6. The number of aryl methyl sites for hydroxylation is 1. The van der Waals surface area contributed by atoms with E-state index < -0.39 is 0 Å². The van der Waals surface area contributed by atoms with E-state index in [1.807, 2.05) is 36.9 Å². The molecule has 0 radical (unpaired) electrons. The molecule has 3 heterocycles. The highest BCUT2D eigenvalue weighted by Gasteiger charge is 2.33. The number of fused-ring (bicyclic) bond motifs is 1. The Morgan fingerprint density at radius 3 is 2.84 bits per heavy atom. The Balaban J connectivity index is 1.41. The van der Waals surface area contributed by atoms with Gasteiger partial charge in [0.25, 0.3) is 6.01 Å². The Labute approximate surface area is 146 Å². The monoisotopic (exact) mass is 344 g/mol. The molecule has 2 aliphatic heterocycles. The Morgan fingerprint density at radius 2 is 2.08 bits per heavy atom. The quantitative estimate of drug-likeness (QED) is 0.882. The molecule has 4 rings (SSSR count). The molecule has 2 aromatic rings. The number of rotatable bonds is 2. The largest absolute Gasteiger partial charge is 0.423 e. The molecule has 0 saturated carbocycles. The summed E-state index contributed by atoms with van der Waals surface area (Å²) < 4.78 is 11.5. The van der Waals surface area contributed by atoms with Gasteiger partial charge in [-0.15, -0.1) is 0 Å². The number of nitrogens with one attached hydrogen (secondary N) is 1. The van der Waals surface area contributed by atoms with Gasteiger partial charge in [-0.25, -0.2) is 0 Å². The van der Waals surface area contributed by atoms with Crippen LogP contribution in [0, 0.1) is 6.92 Å². The second-order valence-electron chi connectivity index (χ2n) is 6.79. The number of carbonyl (C=O) groups is 1. The van der Waals surface area contributed by atoms with Gasteiger partial charge in [-0.2, -0.15) is 4.98 Å². The van der Waals surface area contributed by atoms with Crippen LogP contribution in [-0.4, -0.2) is 67.3 Å². The minimum atomic E-state index is -0.243. The van der Waals surface area contributed by atoms with Gasteiger partial charge in [0.05, 0.1) is 12.7 Å². The first-order chi connectivity index (χ1) is 12.1. The highest BCUT2D eigenvalue weighted by Crippen LogP contribution is 2.24. The molecule has 1 aromatic heterocycles. The number of piperazine rings is 1. The first-order valence-corrected chi connectivity index (χ1v) is 8.88. The van der Waals surface area contributed by atoms with Crippen molar-refractivity contribution in [1.82, 2.24) is 15.2 Å².